The van der Waals surface area contributed by atoms with Gasteiger partial charge in [-0.25, -0.2) is 0 Å². The van der Waals surface area contributed by atoms with Crippen molar-refractivity contribution in [3.63, 3.8) is 0 Å². The van der Waals surface area contributed by atoms with Crippen LogP contribution in [0.25, 0.3) is 0 Å². The number of thiol groups is 1. The van der Waals surface area contributed by atoms with E-state index in [9.17, 15) is 0 Å². The van der Waals surface area contributed by atoms with E-state index in [1.165, 1.54) is 0 Å². The summed E-state index contributed by atoms with van der Waals surface area (Å²) in [5, 5.41) is 6.25. The van der Waals surface area contributed by atoms with Crippen molar-refractivity contribution < 1.29 is 0 Å². The van der Waals surface area contributed by atoms with E-state index in [4.69, 9.17) is 18.0 Å². The standard InChI is InChI=1S/C7H16N3S2/c1-6(7(11)12)10-5-4-9-3-2-8/h6,9-10H,1-5,8H2,(H,11,12). The molecule has 0 aromatic carbocycles. The summed E-state index contributed by atoms with van der Waals surface area (Å²) in [7, 11) is 0. The van der Waals surface area contributed by atoms with Crippen LogP contribution in [0.5, 0.6) is 0 Å². The first-order valence-corrected chi connectivity index (χ1v) is 4.74. The molecule has 71 valence electrons. The van der Waals surface area contributed by atoms with Crippen LogP contribution >= 0.6 is 24.8 Å². The highest BCUT2D eigenvalue weighted by Gasteiger charge is 2.01. The molecule has 3 nitrogen and oxygen atoms in total. The van der Waals surface area contributed by atoms with Crippen LogP contribution in [0.3, 0.4) is 0 Å². The lowest BCUT2D eigenvalue weighted by Gasteiger charge is -2.11. The van der Waals surface area contributed by atoms with Gasteiger partial charge in [0.1, 0.15) is 0 Å². The van der Waals surface area contributed by atoms with Crippen LogP contribution < -0.4 is 16.4 Å². The lowest BCUT2D eigenvalue weighted by Crippen LogP contribution is -2.37. The number of nitrogens with one attached hydrogen (secondary N) is 2. The Bertz CT molecular complexity index is 130. The predicted molar refractivity (Wildman–Crippen MR) is 60.7 cm³/mol. The average Bonchev–Trinajstić information content (AvgIpc) is 2.03. The van der Waals surface area contributed by atoms with Crippen LogP contribution in [0.2, 0.25) is 0 Å². The molecular weight excluding hydrogens is 190 g/mol. The lowest BCUT2D eigenvalue weighted by molar-refractivity contribution is 0.619. The second-order valence-corrected chi connectivity index (χ2v) is 3.61. The zero-order valence-corrected chi connectivity index (χ0v) is 8.76. The zero-order valence-electron chi connectivity index (χ0n) is 7.05. The Morgan fingerprint density at radius 1 is 1.50 bits per heavy atom. The molecule has 1 radical (unpaired) electrons. The summed E-state index contributed by atoms with van der Waals surface area (Å²) < 4.78 is 0.592. The van der Waals surface area contributed by atoms with Gasteiger partial charge < -0.3 is 16.4 Å². The third-order valence-corrected chi connectivity index (χ3v) is 1.91. The van der Waals surface area contributed by atoms with Gasteiger partial charge in [0.2, 0.25) is 0 Å². The number of rotatable bonds is 7. The molecule has 0 spiro atoms. The van der Waals surface area contributed by atoms with Crippen LogP contribution in [0.4, 0.5) is 0 Å². The lowest BCUT2D eigenvalue weighted by atomic mass is 10.4. The molecule has 0 aliphatic heterocycles. The SMILES string of the molecule is [CH2]C(NCCNCCN)C(=S)S. The summed E-state index contributed by atoms with van der Waals surface area (Å²) in [6, 6.07) is -0.0528. The van der Waals surface area contributed by atoms with Crippen LogP contribution in [-0.2, 0) is 0 Å². The molecule has 0 aromatic rings. The van der Waals surface area contributed by atoms with Crippen molar-refractivity contribution in [2.24, 2.45) is 5.73 Å². The highest BCUT2D eigenvalue weighted by molar-refractivity contribution is 8.11. The number of hydrogen-bond donors (Lipinski definition) is 4. The first-order valence-electron chi connectivity index (χ1n) is 3.88. The monoisotopic (exact) mass is 206 g/mol. The largest absolute Gasteiger partial charge is 0.329 e. The second-order valence-electron chi connectivity index (χ2n) is 2.38. The topological polar surface area (TPSA) is 50.1 Å². The Morgan fingerprint density at radius 3 is 2.67 bits per heavy atom. The molecule has 0 aromatic heterocycles. The molecule has 5 heteroatoms. The summed E-state index contributed by atoms with van der Waals surface area (Å²) in [6.07, 6.45) is 0. The van der Waals surface area contributed by atoms with E-state index >= 15 is 0 Å². The van der Waals surface area contributed by atoms with Crippen molar-refractivity contribution in [1.82, 2.24) is 10.6 Å². The van der Waals surface area contributed by atoms with Crippen LogP contribution in [-0.4, -0.2) is 36.4 Å². The zero-order chi connectivity index (χ0) is 9.40. The van der Waals surface area contributed by atoms with Crippen molar-refractivity contribution in [3.8, 4) is 0 Å². The maximum Gasteiger partial charge on any atom is 0.0618 e. The molecule has 0 aliphatic carbocycles. The van der Waals surface area contributed by atoms with Crippen LogP contribution in [0.15, 0.2) is 0 Å². The minimum atomic E-state index is -0.0528. The van der Waals surface area contributed by atoms with Crippen molar-refractivity contribution in [3.05, 3.63) is 6.92 Å². The average molecular weight is 206 g/mol. The van der Waals surface area contributed by atoms with Gasteiger partial charge in [0, 0.05) is 32.2 Å². The smallest absolute Gasteiger partial charge is 0.0618 e. The van der Waals surface area contributed by atoms with Gasteiger partial charge in [0.25, 0.3) is 0 Å². The molecule has 0 heterocycles. The molecule has 0 amide bonds. The molecule has 0 fully saturated rings. The third-order valence-electron chi connectivity index (χ3n) is 1.31. The Kier molecular flexibility index (Phi) is 8.15. The fourth-order valence-corrected chi connectivity index (χ4v) is 0.824. The van der Waals surface area contributed by atoms with Crippen LogP contribution in [0, 0.1) is 6.92 Å². The highest BCUT2D eigenvalue weighted by atomic mass is 32.1. The van der Waals surface area contributed by atoms with Crippen molar-refractivity contribution >= 4 is 29.0 Å². The summed E-state index contributed by atoms with van der Waals surface area (Å²) in [4.78, 5) is 0. The molecule has 0 aliphatic rings. The number of thiocarbonyl (C=S) groups is 1. The molecule has 0 rings (SSSR count). The Hall–Kier alpha value is 0.320. The molecule has 0 saturated carbocycles. The van der Waals surface area contributed by atoms with Gasteiger partial charge in [0.15, 0.2) is 0 Å². The quantitative estimate of drug-likeness (QED) is 0.260. The van der Waals surface area contributed by atoms with E-state index in [1.807, 2.05) is 0 Å². The minimum absolute atomic E-state index is 0.0528. The summed E-state index contributed by atoms with van der Waals surface area (Å²) in [6.45, 7) is 6.98. The highest BCUT2D eigenvalue weighted by Crippen LogP contribution is 1.90. The molecule has 4 N–H and O–H groups in total. The van der Waals surface area contributed by atoms with Gasteiger partial charge in [-0.1, -0.05) is 12.2 Å². The molecule has 0 bridgehead atoms. The fourth-order valence-electron chi connectivity index (χ4n) is 0.649. The number of nitrogens with two attached hydrogens (primary N) is 1. The molecule has 0 saturated heterocycles. The van der Waals surface area contributed by atoms with Crippen LogP contribution in [0.1, 0.15) is 0 Å². The van der Waals surface area contributed by atoms with E-state index in [0.717, 1.165) is 19.6 Å². The summed E-state index contributed by atoms with van der Waals surface area (Å²) in [5.41, 5.74) is 5.29. The van der Waals surface area contributed by atoms with E-state index < -0.39 is 0 Å². The van der Waals surface area contributed by atoms with Gasteiger partial charge in [-0.05, 0) is 6.92 Å². The van der Waals surface area contributed by atoms with E-state index in [0.29, 0.717) is 10.7 Å². The van der Waals surface area contributed by atoms with Crippen molar-refractivity contribution in [2.45, 2.75) is 6.04 Å². The van der Waals surface area contributed by atoms with E-state index in [-0.39, 0.29) is 6.04 Å². The molecule has 1 atom stereocenters. The first-order chi connectivity index (χ1) is 5.68. The number of hydrogen-bond acceptors (Lipinski definition) is 4. The van der Waals surface area contributed by atoms with E-state index in [2.05, 4.69) is 30.2 Å². The Labute approximate surface area is 84.9 Å². The van der Waals surface area contributed by atoms with Gasteiger partial charge in [-0.2, -0.15) is 0 Å². The summed E-state index contributed by atoms with van der Waals surface area (Å²) >= 11 is 8.82. The van der Waals surface area contributed by atoms with E-state index in [1.54, 1.807) is 0 Å². The summed E-state index contributed by atoms with van der Waals surface area (Å²) in [5.74, 6) is 0. The Balaban J connectivity index is 3.14. The third kappa shape index (κ3) is 7.00. The normalized spacial score (nSPS) is 12.9. The Morgan fingerprint density at radius 2 is 2.17 bits per heavy atom. The van der Waals surface area contributed by atoms with Gasteiger partial charge in [-0.3, -0.25) is 0 Å². The molecule has 12 heavy (non-hydrogen) atoms. The van der Waals surface area contributed by atoms with Crippen molar-refractivity contribution in [2.75, 3.05) is 26.2 Å². The maximum atomic E-state index is 5.29. The predicted octanol–water partition coefficient (Wildman–Crippen LogP) is -0.416. The van der Waals surface area contributed by atoms with Gasteiger partial charge in [0.05, 0.1) is 4.20 Å². The fraction of sp³-hybridized carbons (Fsp3) is 0.714. The minimum Gasteiger partial charge on any atom is -0.329 e. The van der Waals surface area contributed by atoms with Gasteiger partial charge >= 0.3 is 0 Å². The van der Waals surface area contributed by atoms with Crippen molar-refractivity contribution in [1.29, 1.82) is 0 Å². The molecular formula is C7H16N3S2. The second kappa shape index (κ2) is 7.94. The molecule has 1 unspecified atom stereocenters. The first kappa shape index (κ1) is 12.3. The van der Waals surface area contributed by atoms with Gasteiger partial charge in [-0.15, -0.1) is 12.6 Å². The maximum absolute atomic E-state index is 5.29.